The van der Waals surface area contributed by atoms with E-state index in [0.29, 0.717) is 5.89 Å². The molecule has 0 N–H and O–H groups in total. The van der Waals surface area contributed by atoms with Crippen LogP contribution in [0.15, 0.2) is 174 Å². The van der Waals surface area contributed by atoms with Crippen molar-refractivity contribution in [2.45, 2.75) is 0 Å². The maximum absolute atomic E-state index is 6.65. The number of para-hydroxylation sites is 1. The summed E-state index contributed by atoms with van der Waals surface area (Å²) in [7, 11) is 0. The monoisotopic (exact) mass is 588 g/mol. The molecule has 1 heterocycles. The molecule has 0 aliphatic rings. The molecule has 0 saturated carbocycles. The van der Waals surface area contributed by atoms with Crippen LogP contribution < -0.4 is 4.90 Å². The summed E-state index contributed by atoms with van der Waals surface area (Å²) in [6.07, 6.45) is 0. The summed E-state index contributed by atoms with van der Waals surface area (Å²) in [5.74, 6) is 0.619. The van der Waals surface area contributed by atoms with Crippen molar-refractivity contribution < 1.29 is 4.42 Å². The van der Waals surface area contributed by atoms with Crippen molar-refractivity contribution in [1.82, 2.24) is 4.98 Å². The van der Waals surface area contributed by atoms with Gasteiger partial charge in [-0.3, -0.25) is 0 Å². The predicted octanol–water partition coefficient (Wildman–Crippen LogP) is 12.1. The normalized spacial score (nSPS) is 11.5. The molecule has 216 valence electrons. The van der Waals surface area contributed by atoms with Gasteiger partial charge in [-0.15, -0.1) is 0 Å². The molecular weight excluding hydrogens is 560 g/mol. The van der Waals surface area contributed by atoms with Crippen molar-refractivity contribution in [1.29, 1.82) is 0 Å². The van der Waals surface area contributed by atoms with E-state index >= 15 is 0 Å². The van der Waals surface area contributed by atoms with Gasteiger partial charge in [0.05, 0.1) is 11.1 Å². The molecule has 0 unspecified atom stereocenters. The van der Waals surface area contributed by atoms with Crippen molar-refractivity contribution in [3.8, 4) is 22.6 Å². The molecule has 3 heteroatoms. The van der Waals surface area contributed by atoms with Crippen LogP contribution >= 0.6 is 0 Å². The molecule has 0 atom stereocenters. The summed E-state index contributed by atoms with van der Waals surface area (Å²) in [5, 5.41) is 7.00. The average molecular weight is 589 g/mol. The summed E-state index contributed by atoms with van der Waals surface area (Å²) in [4.78, 5) is 7.28. The zero-order chi connectivity index (χ0) is 30.5. The molecule has 0 saturated heterocycles. The molecule has 46 heavy (non-hydrogen) atoms. The largest absolute Gasteiger partial charge is 0.435 e. The van der Waals surface area contributed by atoms with Crippen LogP contribution in [0.25, 0.3) is 66.0 Å². The van der Waals surface area contributed by atoms with Crippen LogP contribution in [-0.4, -0.2) is 4.98 Å². The minimum atomic E-state index is 0.619. The second-order valence-corrected chi connectivity index (χ2v) is 11.6. The van der Waals surface area contributed by atoms with E-state index in [0.717, 1.165) is 44.5 Å². The van der Waals surface area contributed by atoms with Gasteiger partial charge in [0.2, 0.25) is 5.89 Å². The quantitative estimate of drug-likeness (QED) is 0.187. The van der Waals surface area contributed by atoms with E-state index in [2.05, 4.69) is 144 Å². The fourth-order valence-corrected chi connectivity index (χ4v) is 6.61. The lowest BCUT2D eigenvalue weighted by molar-refractivity contribution is 0.623. The van der Waals surface area contributed by atoms with Gasteiger partial charge in [-0.05, 0) is 92.7 Å². The van der Waals surface area contributed by atoms with E-state index in [1.165, 1.54) is 32.7 Å². The number of rotatable bonds is 5. The van der Waals surface area contributed by atoms with E-state index in [4.69, 9.17) is 9.40 Å². The van der Waals surface area contributed by atoms with Crippen LogP contribution in [0, 0.1) is 0 Å². The number of nitrogens with zero attached hydrogens (tertiary/aromatic N) is 2. The Bertz CT molecular complexity index is 2520. The number of benzene rings is 8. The Hall–Kier alpha value is -6.19. The van der Waals surface area contributed by atoms with Crippen molar-refractivity contribution in [2.24, 2.45) is 0 Å². The highest BCUT2D eigenvalue weighted by atomic mass is 16.3. The Morgan fingerprint density at radius 1 is 0.435 bits per heavy atom. The molecule has 0 spiro atoms. The first kappa shape index (κ1) is 26.2. The molecular formula is C43H28N2O. The van der Waals surface area contributed by atoms with Crippen LogP contribution in [0.3, 0.4) is 0 Å². The SMILES string of the molecule is c1ccc(-c2nc3ccc4c5ccccc5cc(N(c5ccccc5)c5ccc(-c6ccc7ccccc7c6)cc5)c4c3o2)cc1. The highest BCUT2D eigenvalue weighted by Gasteiger charge is 2.22. The van der Waals surface area contributed by atoms with E-state index in [1.54, 1.807) is 0 Å². The minimum absolute atomic E-state index is 0.619. The number of aromatic nitrogens is 1. The maximum atomic E-state index is 6.65. The van der Waals surface area contributed by atoms with Crippen molar-refractivity contribution in [2.75, 3.05) is 4.90 Å². The van der Waals surface area contributed by atoms with Gasteiger partial charge in [-0.2, -0.15) is 0 Å². The van der Waals surface area contributed by atoms with Crippen LogP contribution in [-0.2, 0) is 0 Å². The Kier molecular flexibility index (Phi) is 6.14. The Morgan fingerprint density at radius 3 is 1.89 bits per heavy atom. The van der Waals surface area contributed by atoms with Gasteiger partial charge >= 0.3 is 0 Å². The fraction of sp³-hybridized carbons (Fsp3) is 0. The average Bonchev–Trinajstić information content (AvgIpc) is 3.58. The standard InChI is InChI=1S/C43H28N2O/c1-3-12-31(13-4-1)43-44-39-26-25-38-37-18-10-9-15-34(37)28-40(41(38)42(39)46-43)45(35-16-5-2-6-17-35)36-23-21-30(22-24-36)33-20-19-29-11-7-8-14-32(29)27-33/h1-28H. The van der Waals surface area contributed by atoms with Crippen molar-refractivity contribution >= 4 is 60.5 Å². The van der Waals surface area contributed by atoms with E-state index < -0.39 is 0 Å². The lowest BCUT2D eigenvalue weighted by Gasteiger charge is -2.27. The van der Waals surface area contributed by atoms with Gasteiger partial charge in [0.15, 0.2) is 5.58 Å². The predicted molar refractivity (Wildman–Crippen MR) is 192 cm³/mol. The highest BCUT2D eigenvalue weighted by molar-refractivity contribution is 6.22. The number of hydrogen-bond donors (Lipinski definition) is 0. The number of fused-ring (bicyclic) bond motifs is 6. The summed E-state index contributed by atoms with van der Waals surface area (Å²) in [6.45, 7) is 0. The Balaban J connectivity index is 1.28. The van der Waals surface area contributed by atoms with Gasteiger partial charge in [0, 0.05) is 16.9 Å². The molecule has 0 radical (unpaired) electrons. The second kappa shape index (κ2) is 10.8. The van der Waals surface area contributed by atoms with Crippen LogP contribution in [0.4, 0.5) is 17.1 Å². The minimum Gasteiger partial charge on any atom is -0.435 e. The third-order valence-corrected chi connectivity index (χ3v) is 8.84. The van der Waals surface area contributed by atoms with E-state index in [1.807, 2.05) is 30.3 Å². The van der Waals surface area contributed by atoms with E-state index in [9.17, 15) is 0 Å². The molecule has 0 fully saturated rings. The molecule has 0 bridgehead atoms. The lowest BCUT2D eigenvalue weighted by Crippen LogP contribution is -2.10. The summed E-state index contributed by atoms with van der Waals surface area (Å²) < 4.78 is 6.65. The molecule has 8 aromatic carbocycles. The summed E-state index contributed by atoms with van der Waals surface area (Å²) in [6, 6.07) is 59.8. The molecule has 1 aromatic heterocycles. The smallest absolute Gasteiger partial charge is 0.227 e. The zero-order valence-electron chi connectivity index (χ0n) is 25.0. The van der Waals surface area contributed by atoms with Gasteiger partial charge in [0.1, 0.15) is 5.52 Å². The fourth-order valence-electron chi connectivity index (χ4n) is 6.61. The molecule has 0 aliphatic carbocycles. The van der Waals surface area contributed by atoms with Crippen LogP contribution in [0.1, 0.15) is 0 Å². The topological polar surface area (TPSA) is 29.3 Å². The third-order valence-electron chi connectivity index (χ3n) is 8.84. The molecule has 3 nitrogen and oxygen atoms in total. The Labute approximate surface area is 266 Å². The zero-order valence-corrected chi connectivity index (χ0v) is 25.0. The molecule has 0 aliphatic heterocycles. The molecule has 9 aromatic rings. The number of oxazole rings is 1. The van der Waals surface area contributed by atoms with Crippen LogP contribution in [0.5, 0.6) is 0 Å². The second-order valence-electron chi connectivity index (χ2n) is 11.6. The number of hydrogen-bond acceptors (Lipinski definition) is 3. The van der Waals surface area contributed by atoms with Crippen molar-refractivity contribution in [3.05, 3.63) is 170 Å². The van der Waals surface area contributed by atoms with Gasteiger partial charge in [0.25, 0.3) is 0 Å². The Morgan fingerprint density at radius 2 is 1.09 bits per heavy atom. The lowest BCUT2D eigenvalue weighted by atomic mass is 9.97. The van der Waals surface area contributed by atoms with Crippen molar-refractivity contribution in [3.63, 3.8) is 0 Å². The molecule has 9 rings (SSSR count). The van der Waals surface area contributed by atoms with E-state index in [-0.39, 0.29) is 0 Å². The first-order valence-corrected chi connectivity index (χ1v) is 15.5. The van der Waals surface area contributed by atoms with Gasteiger partial charge in [-0.25, -0.2) is 4.98 Å². The van der Waals surface area contributed by atoms with Crippen LogP contribution in [0.2, 0.25) is 0 Å². The maximum Gasteiger partial charge on any atom is 0.227 e. The summed E-state index contributed by atoms with van der Waals surface area (Å²) in [5.41, 5.74) is 8.12. The summed E-state index contributed by atoms with van der Waals surface area (Å²) >= 11 is 0. The van der Waals surface area contributed by atoms with Gasteiger partial charge < -0.3 is 9.32 Å². The highest BCUT2D eigenvalue weighted by Crippen LogP contribution is 2.45. The molecule has 0 amide bonds. The van der Waals surface area contributed by atoms with Gasteiger partial charge in [-0.1, -0.05) is 115 Å². The third kappa shape index (κ3) is 4.41. The first-order valence-electron chi connectivity index (χ1n) is 15.5. The number of anilines is 3. The first-order chi connectivity index (χ1) is 22.8.